The van der Waals surface area contributed by atoms with E-state index in [2.05, 4.69) is 23.7 Å². The van der Waals surface area contributed by atoms with Gasteiger partial charge in [0.15, 0.2) is 11.7 Å². The Morgan fingerprint density at radius 1 is 1.05 bits per heavy atom. The van der Waals surface area contributed by atoms with E-state index in [0.717, 1.165) is 91.2 Å². The van der Waals surface area contributed by atoms with Gasteiger partial charge in [0.2, 0.25) is 5.91 Å². The molecule has 0 unspecified atom stereocenters. The summed E-state index contributed by atoms with van der Waals surface area (Å²) in [4.78, 5) is 20.5. The lowest BCUT2D eigenvalue weighted by Gasteiger charge is -2.36. The van der Waals surface area contributed by atoms with E-state index in [1.807, 2.05) is 49.2 Å². The summed E-state index contributed by atoms with van der Waals surface area (Å²) in [6.45, 7) is 9.17. The Bertz CT molecular complexity index is 1270. The molecule has 3 aliphatic carbocycles. The highest BCUT2D eigenvalue weighted by Crippen LogP contribution is 2.41. The summed E-state index contributed by atoms with van der Waals surface area (Å²) in [5.41, 5.74) is 4.18. The van der Waals surface area contributed by atoms with Crippen LogP contribution in [0, 0.1) is 17.8 Å². The number of oxazole rings is 1. The molecule has 6 nitrogen and oxygen atoms in total. The van der Waals surface area contributed by atoms with Gasteiger partial charge < -0.3 is 19.2 Å². The molecular weight excluding hydrogens is 512 g/mol. The molecular formula is C35H46N2O4. The molecule has 3 fully saturated rings. The highest BCUT2D eigenvalue weighted by Gasteiger charge is 2.33. The summed E-state index contributed by atoms with van der Waals surface area (Å²) in [6.07, 6.45) is 15.1. The molecule has 1 amide bonds. The maximum atomic E-state index is 14.0. The number of aromatic nitrogens is 1. The van der Waals surface area contributed by atoms with Gasteiger partial charge in [0.05, 0.1) is 19.4 Å². The zero-order valence-electron chi connectivity index (χ0n) is 25.0. The standard InChI is InChI=1S/C35H46N2O4/c1-23(2)32(40-4)19-8-24(3)26-11-9-25(10-12-26)22-37(35(39)28-15-17-31(38)18-16-28)30-7-5-6-29(20-30)33-21-36-34(41-33)27-13-14-27/h5-8,19-21,25-28,31,38H,3,9-18,22H2,1-2,4H3/b19-8-. The predicted octanol–water partition coefficient (Wildman–Crippen LogP) is 7.96. The highest BCUT2D eigenvalue weighted by molar-refractivity contribution is 5.95. The number of hydrogen-bond donors (Lipinski definition) is 1. The number of carbonyl (C=O) groups is 1. The number of ether oxygens (including phenoxy) is 1. The van der Waals surface area contributed by atoms with Gasteiger partial charge in [0, 0.05) is 29.6 Å². The first-order valence-corrected chi connectivity index (χ1v) is 15.5. The van der Waals surface area contributed by atoms with Gasteiger partial charge in [-0.3, -0.25) is 4.79 Å². The van der Waals surface area contributed by atoms with Crippen LogP contribution in [0.3, 0.4) is 0 Å². The first-order chi connectivity index (χ1) is 19.8. The second kappa shape index (κ2) is 13.2. The SMILES string of the molecule is C=C(/C=C\C(OC)=C(C)C)C1CCC(CN(C(=O)C2CCC(O)CC2)c2cccc(-c3cnc(C4CC4)o3)c2)CC1. The summed E-state index contributed by atoms with van der Waals surface area (Å²) < 4.78 is 11.6. The normalized spacial score (nSPS) is 24.7. The van der Waals surface area contributed by atoms with Crippen molar-refractivity contribution in [2.24, 2.45) is 17.8 Å². The van der Waals surface area contributed by atoms with Gasteiger partial charge in [-0.1, -0.05) is 30.4 Å². The van der Waals surface area contributed by atoms with Crippen LogP contribution in [0.25, 0.3) is 11.3 Å². The summed E-state index contributed by atoms with van der Waals surface area (Å²) in [6, 6.07) is 8.19. The lowest BCUT2D eigenvalue weighted by molar-refractivity contribution is -0.124. The quantitative estimate of drug-likeness (QED) is 0.236. The van der Waals surface area contributed by atoms with Crippen LogP contribution in [0.1, 0.15) is 89.9 Å². The predicted molar refractivity (Wildman–Crippen MR) is 163 cm³/mol. The van der Waals surface area contributed by atoms with E-state index in [4.69, 9.17) is 9.15 Å². The van der Waals surface area contributed by atoms with Crippen molar-refractivity contribution < 1.29 is 19.1 Å². The second-order valence-electron chi connectivity index (χ2n) is 12.5. The molecule has 0 aliphatic heterocycles. The van der Waals surface area contributed by atoms with Crippen LogP contribution >= 0.6 is 0 Å². The third-order valence-corrected chi connectivity index (χ3v) is 9.18. The zero-order valence-corrected chi connectivity index (χ0v) is 25.0. The van der Waals surface area contributed by atoms with Gasteiger partial charge in [0.1, 0.15) is 5.76 Å². The van der Waals surface area contributed by atoms with Crippen molar-refractivity contribution in [3.05, 3.63) is 72.0 Å². The molecule has 0 radical (unpaired) electrons. The van der Waals surface area contributed by atoms with Crippen LogP contribution in [0.15, 0.2) is 70.5 Å². The van der Waals surface area contributed by atoms with E-state index < -0.39 is 0 Å². The smallest absolute Gasteiger partial charge is 0.230 e. The van der Waals surface area contributed by atoms with Crippen LogP contribution in [-0.2, 0) is 9.53 Å². The van der Waals surface area contributed by atoms with Crippen LogP contribution in [-0.4, -0.2) is 35.8 Å². The molecule has 41 heavy (non-hydrogen) atoms. The number of amides is 1. The Morgan fingerprint density at radius 3 is 2.41 bits per heavy atom. The van der Waals surface area contributed by atoms with Crippen molar-refractivity contribution in [1.82, 2.24) is 4.98 Å². The molecule has 2 aromatic rings. The van der Waals surface area contributed by atoms with Crippen LogP contribution in [0.5, 0.6) is 0 Å². The van der Waals surface area contributed by atoms with E-state index in [0.29, 0.717) is 37.1 Å². The van der Waals surface area contributed by atoms with E-state index in [-0.39, 0.29) is 17.9 Å². The van der Waals surface area contributed by atoms with E-state index in [1.165, 1.54) is 0 Å². The first-order valence-electron chi connectivity index (χ1n) is 15.5. The van der Waals surface area contributed by atoms with Crippen molar-refractivity contribution in [1.29, 1.82) is 0 Å². The molecule has 0 atom stereocenters. The number of methoxy groups -OCH3 is 1. The van der Waals surface area contributed by atoms with E-state index >= 15 is 0 Å². The van der Waals surface area contributed by atoms with Gasteiger partial charge in [-0.2, -0.15) is 0 Å². The van der Waals surface area contributed by atoms with Gasteiger partial charge >= 0.3 is 0 Å². The first kappa shape index (κ1) is 29.4. The Balaban J connectivity index is 1.29. The highest BCUT2D eigenvalue weighted by atomic mass is 16.5. The van der Waals surface area contributed by atoms with Crippen LogP contribution in [0.4, 0.5) is 5.69 Å². The molecule has 220 valence electrons. The molecule has 0 bridgehead atoms. The summed E-state index contributed by atoms with van der Waals surface area (Å²) in [5.74, 6) is 3.98. The summed E-state index contributed by atoms with van der Waals surface area (Å²) in [5, 5.41) is 10.0. The molecule has 1 aromatic heterocycles. The molecule has 0 spiro atoms. The number of hydrogen-bond acceptors (Lipinski definition) is 5. The number of benzene rings is 1. The number of anilines is 1. The zero-order chi connectivity index (χ0) is 28.9. The third-order valence-electron chi connectivity index (χ3n) is 9.18. The monoisotopic (exact) mass is 558 g/mol. The third kappa shape index (κ3) is 7.40. The Hall–Kier alpha value is -3.12. The number of allylic oxidation sites excluding steroid dienone is 4. The van der Waals surface area contributed by atoms with Gasteiger partial charge in [-0.05, 0) is 114 Å². The minimum Gasteiger partial charge on any atom is -0.497 e. The Labute approximate surface area is 245 Å². The van der Waals surface area contributed by atoms with Gasteiger partial charge in [-0.15, -0.1) is 0 Å². The van der Waals surface area contributed by atoms with Crippen LogP contribution in [0.2, 0.25) is 0 Å². The Morgan fingerprint density at radius 2 is 1.76 bits per heavy atom. The van der Waals surface area contributed by atoms with Crippen LogP contribution < -0.4 is 4.90 Å². The lowest BCUT2D eigenvalue weighted by Crippen LogP contribution is -2.42. The van der Waals surface area contributed by atoms with Crippen molar-refractivity contribution >= 4 is 11.6 Å². The molecule has 3 aliphatic rings. The minimum atomic E-state index is -0.280. The molecule has 6 heteroatoms. The van der Waals surface area contributed by atoms with Gasteiger partial charge in [0.25, 0.3) is 0 Å². The average Bonchev–Trinajstić information content (AvgIpc) is 3.72. The number of carbonyl (C=O) groups excluding carboxylic acids is 1. The van der Waals surface area contributed by atoms with E-state index in [1.54, 1.807) is 7.11 Å². The minimum absolute atomic E-state index is 0.0416. The molecule has 1 aromatic carbocycles. The molecule has 3 saturated carbocycles. The fourth-order valence-electron chi connectivity index (χ4n) is 6.36. The van der Waals surface area contributed by atoms with Crippen molar-refractivity contribution in [3.63, 3.8) is 0 Å². The summed E-state index contributed by atoms with van der Waals surface area (Å²) in [7, 11) is 1.70. The number of aliphatic hydroxyl groups excluding tert-OH is 1. The average molecular weight is 559 g/mol. The molecule has 5 rings (SSSR count). The number of rotatable bonds is 10. The summed E-state index contributed by atoms with van der Waals surface area (Å²) >= 11 is 0. The number of nitrogens with zero attached hydrogens (tertiary/aromatic N) is 2. The Kier molecular flexibility index (Phi) is 9.49. The largest absolute Gasteiger partial charge is 0.497 e. The lowest BCUT2D eigenvalue weighted by atomic mass is 9.78. The van der Waals surface area contributed by atoms with Gasteiger partial charge in [-0.25, -0.2) is 4.98 Å². The van der Waals surface area contributed by atoms with Crippen molar-refractivity contribution in [2.75, 3.05) is 18.6 Å². The fourth-order valence-corrected chi connectivity index (χ4v) is 6.36. The maximum absolute atomic E-state index is 14.0. The maximum Gasteiger partial charge on any atom is 0.230 e. The van der Waals surface area contributed by atoms with Crippen molar-refractivity contribution in [3.8, 4) is 11.3 Å². The second-order valence-corrected chi connectivity index (χ2v) is 12.5. The molecule has 0 saturated heterocycles. The van der Waals surface area contributed by atoms with E-state index in [9.17, 15) is 9.90 Å². The fraction of sp³-hybridized carbons (Fsp3) is 0.543. The number of aliphatic hydroxyl groups is 1. The topological polar surface area (TPSA) is 75.8 Å². The van der Waals surface area contributed by atoms with Crippen molar-refractivity contribution in [2.45, 2.75) is 90.1 Å². The molecule has 1 N–H and O–H groups in total. The molecule has 1 heterocycles.